The van der Waals surface area contributed by atoms with Crippen LogP contribution in [0.25, 0.3) is 0 Å². The summed E-state index contributed by atoms with van der Waals surface area (Å²) < 4.78 is 26.9. The molecule has 0 aliphatic rings. The normalized spacial score (nSPS) is 11.5. The summed E-state index contributed by atoms with van der Waals surface area (Å²) in [6, 6.07) is 15.8. The van der Waals surface area contributed by atoms with Crippen LogP contribution in [0.2, 0.25) is 0 Å². The van der Waals surface area contributed by atoms with E-state index in [1.165, 1.54) is 4.90 Å². The smallest absolute Gasteiger partial charge is 0.241 e. The average molecular weight is 346 g/mol. The molecular weight excluding hydrogens is 324 g/mol. The average Bonchev–Trinajstić information content (AvgIpc) is 2.60. The van der Waals surface area contributed by atoms with Crippen LogP contribution in [0.4, 0.5) is 5.69 Å². The Hall–Kier alpha value is -2.18. The van der Waals surface area contributed by atoms with E-state index < -0.39 is 10.0 Å². The number of amides is 1. The molecule has 0 aromatic heterocycles. The number of para-hydroxylation sites is 1. The summed E-state index contributed by atoms with van der Waals surface area (Å²) in [6.45, 7) is 3.79. The van der Waals surface area contributed by atoms with Gasteiger partial charge in [0.05, 0.1) is 11.4 Å². The van der Waals surface area contributed by atoms with Gasteiger partial charge in [-0.05, 0) is 35.7 Å². The second kappa shape index (κ2) is 7.59. The summed E-state index contributed by atoms with van der Waals surface area (Å²) in [5, 5.41) is 0. The Labute approximate surface area is 143 Å². The van der Waals surface area contributed by atoms with Gasteiger partial charge >= 0.3 is 0 Å². The third-order valence-electron chi connectivity index (χ3n) is 3.79. The van der Waals surface area contributed by atoms with Gasteiger partial charge in [-0.3, -0.25) is 4.79 Å². The van der Waals surface area contributed by atoms with Gasteiger partial charge in [0.2, 0.25) is 15.9 Å². The molecule has 1 N–H and O–H groups in total. The van der Waals surface area contributed by atoms with Crippen molar-refractivity contribution in [3.05, 3.63) is 60.2 Å². The van der Waals surface area contributed by atoms with E-state index in [-0.39, 0.29) is 17.3 Å². The van der Waals surface area contributed by atoms with E-state index in [9.17, 15) is 13.2 Å². The zero-order chi connectivity index (χ0) is 17.7. The Balaban J connectivity index is 2.03. The molecule has 0 aliphatic heterocycles. The van der Waals surface area contributed by atoms with Crippen molar-refractivity contribution < 1.29 is 13.2 Å². The summed E-state index contributed by atoms with van der Waals surface area (Å²) >= 11 is 0. The highest BCUT2D eigenvalue weighted by molar-refractivity contribution is 7.89. The highest BCUT2D eigenvalue weighted by atomic mass is 32.2. The largest absolute Gasteiger partial charge is 0.314 e. The lowest BCUT2D eigenvalue weighted by atomic mass is 10.0. The van der Waals surface area contributed by atoms with Crippen LogP contribution in [0.1, 0.15) is 25.3 Å². The molecule has 5 nitrogen and oxygen atoms in total. The van der Waals surface area contributed by atoms with Crippen LogP contribution in [-0.4, -0.2) is 27.9 Å². The first kappa shape index (κ1) is 18.2. The molecule has 2 aromatic carbocycles. The Morgan fingerprint density at radius 1 is 1.04 bits per heavy atom. The Bertz CT molecular complexity index is 785. The third-order valence-corrected chi connectivity index (χ3v) is 5.21. The molecule has 0 fully saturated rings. The van der Waals surface area contributed by atoms with Crippen molar-refractivity contribution in [2.75, 3.05) is 18.5 Å². The molecule has 0 atom stereocenters. The molecule has 0 heterocycles. The highest BCUT2D eigenvalue weighted by Gasteiger charge is 2.18. The van der Waals surface area contributed by atoms with Crippen molar-refractivity contribution in [2.45, 2.75) is 24.7 Å². The minimum Gasteiger partial charge on any atom is -0.314 e. The van der Waals surface area contributed by atoms with Gasteiger partial charge in [0, 0.05) is 12.7 Å². The van der Waals surface area contributed by atoms with Crippen molar-refractivity contribution in [3.63, 3.8) is 0 Å². The van der Waals surface area contributed by atoms with Crippen LogP contribution in [0.3, 0.4) is 0 Å². The molecule has 0 spiro atoms. The number of carbonyl (C=O) groups is 1. The summed E-state index contributed by atoms with van der Waals surface area (Å²) in [5.41, 5.74) is 1.77. The third kappa shape index (κ3) is 4.43. The first-order chi connectivity index (χ1) is 11.3. The van der Waals surface area contributed by atoms with Crippen LogP contribution in [0.5, 0.6) is 0 Å². The molecule has 0 radical (unpaired) electrons. The SMILES string of the molecule is CC(C)c1ccc(S(=O)(=O)NCC(=O)N(C)c2ccccc2)cc1. The number of anilines is 1. The fourth-order valence-electron chi connectivity index (χ4n) is 2.19. The lowest BCUT2D eigenvalue weighted by Crippen LogP contribution is -2.38. The number of rotatable bonds is 6. The maximum Gasteiger partial charge on any atom is 0.241 e. The van der Waals surface area contributed by atoms with Crippen LogP contribution in [-0.2, 0) is 14.8 Å². The molecule has 0 unspecified atom stereocenters. The monoisotopic (exact) mass is 346 g/mol. The van der Waals surface area contributed by atoms with Gasteiger partial charge in [-0.1, -0.05) is 44.2 Å². The zero-order valence-corrected chi connectivity index (χ0v) is 14.9. The topological polar surface area (TPSA) is 66.5 Å². The van der Waals surface area contributed by atoms with Crippen molar-refractivity contribution >= 4 is 21.6 Å². The number of hydrogen-bond donors (Lipinski definition) is 1. The van der Waals surface area contributed by atoms with Gasteiger partial charge in [-0.2, -0.15) is 0 Å². The second-order valence-electron chi connectivity index (χ2n) is 5.84. The van der Waals surface area contributed by atoms with E-state index in [0.717, 1.165) is 5.56 Å². The van der Waals surface area contributed by atoms with Crippen molar-refractivity contribution in [1.29, 1.82) is 0 Å². The van der Waals surface area contributed by atoms with E-state index >= 15 is 0 Å². The van der Waals surface area contributed by atoms with Crippen molar-refractivity contribution in [2.24, 2.45) is 0 Å². The molecular formula is C18H22N2O3S. The molecule has 24 heavy (non-hydrogen) atoms. The van der Waals surface area contributed by atoms with Gasteiger partial charge in [0.1, 0.15) is 0 Å². The van der Waals surface area contributed by atoms with E-state index in [0.29, 0.717) is 11.6 Å². The molecule has 0 saturated carbocycles. The van der Waals surface area contributed by atoms with E-state index in [1.54, 1.807) is 43.4 Å². The Morgan fingerprint density at radius 2 is 1.62 bits per heavy atom. The first-order valence-electron chi connectivity index (χ1n) is 7.72. The molecule has 2 aromatic rings. The standard InChI is InChI=1S/C18H22N2O3S/c1-14(2)15-9-11-17(12-10-15)24(22,23)19-13-18(21)20(3)16-7-5-4-6-8-16/h4-12,14,19H,13H2,1-3H3. The molecule has 128 valence electrons. The van der Waals surface area contributed by atoms with E-state index in [1.807, 2.05) is 32.0 Å². The van der Waals surface area contributed by atoms with Crippen LogP contribution in [0.15, 0.2) is 59.5 Å². The number of nitrogens with one attached hydrogen (secondary N) is 1. The van der Waals surface area contributed by atoms with Crippen LogP contribution in [0, 0.1) is 0 Å². The van der Waals surface area contributed by atoms with Gasteiger partial charge in [-0.15, -0.1) is 0 Å². The lowest BCUT2D eigenvalue weighted by Gasteiger charge is -2.17. The first-order valence-corrected chi connectivity index (χ1v) is 9.21. The molecule has 2 rings (SSSR count). The maximum absolute atomic E-state index is 12.3. The number of nitrogens with zero attached hydrogens (tertiary/aromatic N) is 1. The number of likely N-dealkylation sites (N-methyl/N-ethyl adjacent to an activating group) is 1. The van der Waals surface area contributed by atoms with E-state index in [4.69, 9.17) is 0 Å². The van der Waals surface area contributed by atoms with Gasteiger partial charge in [0.25, 0.3) is 0 Å². The molecule has 6 heteroatoms. The minimum absolute atomic E-state index is 0.155. The quantitative estimate of drug-likeness (QED) is 0.874. The Kier molecular flexibility index (Phi) is 5.75. The lowest BCUT2D eigenvalue weighted by molar-refractivity contribution is -0.117. The Morgan fingerprint density at radius 3 is 2.17 bits per heavy atom. The predicted octanol–water partition coefficient (Wildman–Crippen LogP) is 2.75. The minimum atomic E-state index is -3.71. The van der Waals surface area contributed by atoms with E-state index in [2.05, 4.69) is 4.72 Å². The summed E-state index contributed by atoms with van der Waals surface area (Å²) in [5.74, 6) is -0.000566. The van der Waals surface area contributed by atoms with Gasteiger partial charge < -0.3 is 4.90 Å². The second-order valence-corrected chi connectivity index (χ2v) is 7.60. The highest BCUT2D eigenvalue weighted by Crippen LogP contribution is 2.17. The van der Waals surface area contributed by atoms with Crippen molar-refractivity contribution in [1.82, 2.24) is 4.72 Å². The fraction of sp³-hybridized carbons (Fsp3) is 0.278. The summed E-state index contributed by atoms with van der Waals surface area (Å²) in [6.07, 6.45) is 0. The molecule has 0 bridgehead atoms. The van der Waals surface area contributed by atoms with Crippen LogP contribution < -0.4 is 9.62 Å². The van der Waals surface area contributed by atoms with Gasteiger partial charge in [0.15, 0.2) is 0 Å². The number of benzene rings is 2. The molecule has 0 saturated heterocycles. The summed E-state index contributed by atoms with van der Waals surface area (Å²) in [7, 11) is -2.10. The molecule has 1 amide bonds. The van der Waals surface area contributed by atoms with Gasteiger partial charge in [-0.25, -0.2) is 13.1 Å². The maximum atomic E-state index is 12.3. The number of carbonyl (C=O) groups excluding carboxylic acids is 1. The predicted molar refractivity (Wildman–Crippen MR) is 95.6 cm³/mol. The number of sulfonamides is 1. The number of hydrogen-bond acceptors (Lipinski definition) is 3. The van der Waals surface area contributed by atoms with Crippen molar-refractivity contribution in [3.8, 4) is 0 Å². The zero-order valence-electron chi connectivity index (χ0n) is 14.1. The molecule has 0 aliphatic carbocycles. The fourth-order valence-corrected chi connectivity index (χ4v) is 3.16. The summed E-state index contributed by atoms with van der Waals surface area (Å²) in [4.78, 5) is 13.7. The van der Waals surface area contributed by atoms with Crippen LogP contribution >= 0.6 is 0 Å².